The molecule has 0 amide bonds. The van der Waals surface area contributed by atoms with E-state index in [1.165, 1.54) is 6.33 Å². The standard InChI is InChI=1S/C18H19N7O2/c1-25-5-4-19-18(25)14(11-6-12(26-2)8-13(7-11)27-3)24-17-15-16(21-9-20-15)22-10-23-17/h4-10,14H,1-3H3,(H2,20,21,22,23,24). The van der Waals surface area contributed by atoms with Crippen LogP contribution >= 0.6 is 0 Å². The first kappa shape index (κ1) is 16.8. The van der Waals surface area contributed by atoms with Crippen LogP contribution in [0.3, 0.4) is 0 Å². The molecular formula is C18H19N7O2. The van der Waals surface area contributed by atoms with Crippen molar-refractivity contribution in [3.63, 3.8) is 0 Å². The van der Waals surface area contributed by atoms with E-state index in [4.69, 9.17) is 9.47 Å². The zero-order chi connectivity index (χ0) is 18.8. The molecule has 27 heavy (non-hydrogen) atoms. The van der Waals surface area contributed by atoms with E-state index in [2.05, 4.69) is 30.2 Å². The molecule has 0 saturated carbocycles. The van der Waals surface area contributed by atoms with Crippen molar-refractivity contribution in [3.05, 3.63) is 54.6 Å². The second kappa shape index (κ2) is 6.94. The number of ether oxygens (including phenoxy) is 2. The molecule has 1 atom stereocenters. The van der Waals surface area contributed by atoms with Gasteiger partial charge in [-0.15, -0.1) is 0 Å². The molecule has 0 aliphatic heterocycles. The maximum Gasteiger partial charge on any atom is 0.182 e. The second-order valence-corrected chi connectivity index (χ2v) is 5.94. The predicted octanol–water partition coefficient (Wildman–Crippen LogP) is 2.31. The van der Waals surface area contributed by atoms with Crippen molar-refractivity contribution in [2.45, 2.75) is 6.04 Å². The SMILES string of the molecule is COc1cc(OC)cc(C(Nc2ncnc3nc[nH]c23)c2nccn2C)c1. The third-order valence-electron chi connectivity index (χ3n) is 4.33. The van der Waals surface area contributed by atoms with E-state index in [1.54, 1.807) is 26.7 Å². The number of benzene rings is 1. The van der Waals surface area contributed by atoms with Gasteiger partial charge in [0.1, 0.15) is 35.2 Å². The molecule has 0 fully saturated rings. The topological polar surface area (TPSA) is 103 Å². The number of fused-ring (bicyclic) bond motifs is 1. The molecule has 2 N–H and O–H groups in total. The van der Waals surface area contributed by atoms with Gasteiger partial charge in [-0.3, -0.25) is 0 Å². The Morgan fingerprint density at radius 3 is 2.48 bits per heavy atom. The number of rotatable bonds is 6. The molecule has 0 saturated heterocycles. The van der Waals surface area contributed by atoms with E-state index >= 15 is 0 Å². The highest BCUT2D eigenvalue weighted by atomic mass is 16.5. The molecule has 9 heteroatoms. The fourth-order valence-electron chi connectivity index (χ4n) is 2.96. The van der Waals surface area contributed by atoms with E-state index in [-0.39, 0.29) is 6.04 Å². The number of hydrogen-bond acceptors (Lipinski definition) is 7. The zero-order valence-electron chi connectivity index (χ0n) is 15.2. The third kappa shape index (κ3) is 3.14. The molecule has 9 nitrogen and oxygen atoms in total. The largest absolute Gasteiger partial charge is 0.497 e. The Morgan fingerprint density at radius 1 is 1.04 bits per heavy atom. The average Bonchev–Trinajstić information content (AvgIpc) is 3.34. The fraction of sp³-hybridized carbons (Fsp3) is 0.222. The predicted molar refractivity (Wildman–Crippen MR) is 99.9 cm³/mol. The van der Waals surface area contributed by atoms with Crippen molar-refractivity contribution in [1.82, 2.24) is 29.5 Å². The average molecular weight is 365 g/mol. The number of hydrogen-bond donors (Lipinski definition) is 2. The van der Waals surface area contributed by atoms with Gasteiger partial charge in [0.15, 0.2) is 11.5 Å². The minimum absolute atomic E-state index is 0.296. The number of nitrogens with zero attached hydrogens (tertiary/aromatic N) is 5. The Balaban J connectivity index is 1.83. The summed E-state index contributed by atoms with van der Waals surface area (Å²) in [6, 6.07) is 5.42. The summed E-state index contributed by atoms with van der Waals surface area (Å²) in [6.07, 6.45) is 6.72. The van der Waals surface area contributed by atoms with Gasteiger partial charge in [-0.2, -0.15) is 0 Å². The van der Waals surface area contributed by atoms with Gasteiger partial charge in [-0.05, 0) is 17.7 Å². The van der Waals surface area contributed by atoms with Crippen LogP contribution in [0.25, 0.3) is 11.2 Å². The minimum Gasteiger partial charge on any atom is -0.497 e. The first-order valence-corrected chi connectivity index (χ1v) is 8.30. The monoisotopic (exact) mass is 365 g/mol. The molecule has 0 spiro atoms. The smallest absolute Gasteiger partial charge is 0.182 e. The molecular weight excluding hydrogens is 346 g/mol. The number of aromatic amines is 1. The number of anilines is 1. The molecule has 3 heterocycles. The number of aryl methyl sites for hydroxylation is 1. The maximum absolute atomic E-state index is 5.43. The van der Waals surface area contributed by atoms with Crippen LogP contribution in [0, 0.1) is 0 Å². The van der Waals surface area contributed by atoms with Crippen LogP contribution in [0.15, 0.2) is 43.2 Å². The Morgan fingerprint density at radius 2 is 1.81 bits per heavy atom. The van der Waals surface area contributed by atoms with Crippen LogP contribution in [-0.4, -0.2) is 43.7 Å². The summed E-state index contributed by atoms with van der Waals surface area (Å²) in [5, 5.41) is 3.45. The van der Waals surface area contributed by atoms with Crippen molar-refractivity contribution in [3.8, 4) is 11.5 Å². The lowest BCUT2D eigenvalue weighted by Crippen LogP contribution is -2.18. The lowest BCUT2D eigenvalue weighted by molar-refractivity contribution is 0.393. The van der Waals surface area contributed by atoms with Crippen molar-refractivity contribution < 1.29 is 9.47 Å². The molecule has 0 aliphatic rings. The molecule has 4 rings (SSSR count). The van der Waals surface area contributed by atoms with E-state index in [0.29, 0.717) is 23.0 Å². The number of aromatic nitrogens is 6. The first-order valence-electron chi connectivity index (χ1n) is 8.30. The van der Waals surface area contributed by atoms with E-state index < -0.39 is 0 Å². The zero-order valence-corrected chi connectivity index (χ0v) is 15.2. The lowest BCUT2D eigenvalue weighted by atomic mass is 10.0. The lowest BCUT2D eigenvalue weighted by Gasteiger charge is -2.21. The number of H-pyrrole nitrogens is 1. The Bertz CT molecular complexity index is 1050. The second-order valence-electron chi connectivity index (χ2n) is 5.94. The Labute approximate surface area is 155 Å². The minimum atomic E-state index is -0.296. The van der Waals surface area contributed by atoms with Crippen LogP contribution in [0.2, 0.25) is 0 Å². The van der Waals surface area contributed by atoms with Gasteiger partial charge in [0.05, 0.1) is 20.5 Å². The molecule has 0 aliphatic carbocycles. The van der Waals surface area contributed by atoms with Gasteiger partial charge in [-0.1, -0.05) is 0 Å². The van der Waals surface area contributed by atoms with Crippen molar-refractivity contribution in [2.75, 3.05) is 19.5 Å². The van der Waals surface area contributed by atoms with Gasteiger partial charge in [-0.25, -0.2) is 19.9 Å². The molecule has 0 radical (unpaired) electrons. The quantitative estimate of drug-likeness (QED) is 0.540. The van der Waals surface area contributed by atoms with E-state index in [9.17, 15) is 0 Å². The van der Waals surface area contributed by atoms with Crippen LogP contribution < -0.4 is 14.8 Å². The van der Waals surface area contributed by atoms with Crippen molar-refractivity contribution >= 4 is 17.0 Å². The molecule has 138 valence electrons. The summed E-state index contributed by atoms with van der Waals surface area (Å²) in [4.78, 5) is 20.3. The first-order chi connectivity index (χ1) is 13.2. The molecule has 1 unspecified atom stereocenters. The van der Waals surface area contributed by atoms with E-state index in [1.807, 2.05) is 36.0 Å². The van der Waals surface area contributed by atoms with E-state index in [0.717, 1.165) is 16.9 Å². The van der Waals surface area contributed by atoms with Crippen LogP contribution in [0.4, 0.5) is 5.82 Å². The molecule has 1 aromatic carbocycles. The highest BCUT2D eigenvalue weighted by Crippen LogP contribution is 2.32. The molecule has 3 aromatic heterocycles. The van der Waals surface area contributed by atoms with Gasteiger partial charge < -0.3 is 24.3 Å². The summed E-state index contributed by atoms with van der Waals surface area (Å²) in [6.45, 7) is 0. The summed E-state index contributed by atoms with van der Waals surface area (Å²) < 4.78 is 12.8. The molecule has 4 aromatic rings. The van der Waals surface area contributed by atoms with Gasteiger partial charge in [0, 0.05) is 25.5 Å². The molecule has 0 bridgehead atoms. The highest BCUT2D eigenvalue weighted by Gasteiger charge is 2.22. The number of nitrogens with one attached hydrogen (secondary N) is 2. The van der Waals surface area contributed by atoms with Crippen LogP contribution in [-0.2, 0) is 7.05 Å². The number of imidazole rings is 2. The van der Waals surface area contributed by atoms with Gasteiger partial charge in [0.25, 0.3) is 0 Å². The number of methoxy groups -OCH3 is 2. The van der Waals surface area contributed by atoms with Crippen molar-refractivity contribution in [2.24, 2.45) is 7.05 Å². The Hall–Kier alpha value is -3.62. The normalized spacial score (nSPS) is 12.1. The van der Waals surface area contributed by atoms with Gasteiger partial charge in [0.2, 0.25) is 0 Å². The maximum atomic E-state index is 5.43. The highest BCUT2D eigenvalue weighted by molar-refractivity contribution is 5.82. The fourth-order valence-corrected chi connectivity index (χ4v) is 2.96. The van der Waals surface area contributed by atoms with Crippen LogP contribution in [0.5, 0.6) is 11.5 Å². The Kier molecular flexibility index (Phi) is 4.33. The summed E-state index contributed by atoms with van der Waals surface area (Å²) in [5.74, 6) is 2.84. The van der Waals surface area contributed by atoms with Gasteiger partial charge >= 0.3 is 0 Å². The third-order valence-corrected chi connectivity index (χ3v) is 4.33. The van der Waals surface area contributed by atoms with Crippen molar-refractivity contribution in [1.29, 1.82) is 0 Å². The summed E-state index contributed by atoms with van der Waals surface area (Å²) >= 11 is 0. The summed E-state index contributed by atoms with van der Waals surface area (Å²) in [5.41, 5.74) is 2.24. The summed E-state index contributed by atoms with van der Waals surface area (Å²) in [7, 11) is 5.20. The van der Waals surface area contributed by atoms with Crippen LogP contribution in [0.1, 0.15) is 17.4 Å².